The summed E-state index contributed by atoms with van der Waals surface area (Å²) in [6.45, 7) is 0. The second-order valence-electron chi connectivity index (χ2n) is 6.11. The van der Waals surface area contributed by atoms with Gasteiger partial charge in [0.1, 0.15) is 5.82 Å². The van der Waals surface area contributed by atoms with Gasteiger partial charge in [-0.05, 0) is 37.0 Å². The average molecular weight is 253 g/mol. The molecule has 2 aromatic rings. The van der Waals surface area contributed by atoms with E-state index in [0.29, 0.717) is 0 Å². The third-order valence-electron chi connectivity index (χ3n) is 4.90. The smallest absolute Gasteiger partial charge is 0.181 e. The molecule has 0 saturated heterocycles. The number of nitrogens with one attached hydrogen (secondary N) is 1. The zero-order valence-corrected chi connectivity index (χ0v) is 11.0. The van der Waals surface area contributed by atoms with Crippen LogP contribution in [0.25, 0.3) is 11.4 Å². The van der Waals surface area contributed by atoms with Crippen molar-refractivity contribution in [1.82, 2.24) is 15.2 Å². The van der Waals surface area contributed by atoms with Gasteiger partial charge in [-0.2, -0.15) is 5.10 Å². The van der Waals surface area contributed by atoms with Crippen LogP contribution in [0.2, 0.25) is 0 Å². The standard InChI is InChI=1S/C16H19N3/c1-2-4-12(5-3-1)16-17-15(18-19-16)10-14-9-11-6-7-13(14)8-11/h1-5,11,13-14H,6-10H2,(H,17,18,19). The van der Waals surface area contributed by atoms with Crippen LogP contribution in [0.15, 0.2) is 30.3 Å². The maximum atomic E-state index is 4.66. The summed E-state index contributed by atoms with van der Waals surface area (Å²) in [4.78, 5) is 4.66. The van der Waals surface area contributed by atoms with E-state index in [1.807, 2.05) is 18.2 Å². The largest absolute Gasteiger partial charge is 0.263 e. The van der Waals surface area contributed by atoms with Crippen LogP contribution in [-0.2, 0) is 6.42 Å². The summed E-state index contributed by atoms with van der Waals surface area (Å²) < 4.78 is 0. The van der Waals surface area contributed by atoms with Gasteiger partial charge in [-0.15, -0.1) is 0 Å². The molecule has 1 aromatic carbocycles. The molecule has 2 fully saturated rings. The lowest BCUT2D eigenvalue weighted by molar-refractivity contribution is 0.327. The molecule has 2 saturated carbocycles. The fourth-order valence-corrected chi connectivity index (χ4v) is 3.98. The minimum absolute atomic E-state index is 0.832. The fourth-order valence-electron chi connectivity index (χ4n) is 3.98. The third-order valence-corrected chi connectivity index (χ3v) is 4.90. The predicted octanol–water partition coefficient (Wildman–Crippen LogP) is 3.45. The van der Waals surface area contributed by atoms with Crippen molar-refractivity contribution in [3.63, 3.8) is 0 Å². The summed E-state index contributed by atoms with van der Waals surface area (Å²) in [6.07, 6.45) is 6.86. The quantitative estimate of drug-likeness (QED) is 0.910. The van der Waals surface area contributed by atoms with E-state index in [1.54, 1.807) is 0 Å². The van der Waals surface area contributed by atoms with E-state index in [9.17, 15) is 0 Å². The Morgan fingerprint density at radius 2 is 2.00 bits per heavy atom. The second kappa shape index (κ2) is 4.48. The molecule has 1 aromatic heterocycles. The van der Waals surface area contributed by atoms with E-state index in [0.717, 1.165) is 41.4 Å². The van der Waals surface area contributed by atoms with Crippen LogP contribution in [0.4, 0.5) is 0 Å². The van der Waals surface area contributed by atoms with Gasteiger partial charge < -0.3 is 0 Å². The minimum atomic E-state index is 0.832. The van der Waals surface area contributed by atoms with Crippen molar-refractivity contribution in [2.24, 2.45) is 17.8 Å². The van der Waals surface area contributed by atoms with Crippen LogP contribution in [0.1, 0.15) is 31.5 Å². The van der Waals surface area contributed by atoms with E-state index in [1.165, 1.54) is 25.7 Å². The second-order valence-corrected chi connectivity index (χ2v) is 6.11. The molecule has 98 valence electrons. The zero-order chi connectivity index (χ0) is 12.7. The highest BCUT2D eigenvalue weighted by atomic mass is 15.2. The van der Waals surface area contributed by atoms with E-state index in [-0.39, 0.29) is 0 Å². The molecule has 3 atom stereocenters. The van der Waals surface area contributed by atoms with Gasteiger partial charge in [0.2, 0.25) is 0 Å². The lowest BCUT2D eigenvalue weighted by atomic mass is 9.86. The first-order valence-corrected chi connectivity index (χ1v) is 7.35. The molecule has 2 aliphatic rings. The number of nitrogens with zero attached hydrogens (tertiary/aromatic N) is 2. The Labute approximate surface area is 113 Å². The highest BCUT2D eigenvalue weighted by molar-refractivity contribution is 5.53. The molecule has 3 heteroatoms. The number of aromatic nitrogens is 3. The van der Waals surface area contributed by atoms with Gasteiger partial charge in [-0.1, -0.05) is 36.8 Å². The maximum absolute atomic E-state index is 4.66. The molecule has 19 heavy (non-hydrogen) atoms. The number of hydrogen-bond donors (Lipinski definition) is 1. The van der Waals surface area contributed by atoms with Gasteiger partial charge in [0.05, 0.1) is 0 Å². The molecule has 2 bridgehead atoms. The number of fused-ring (bicyclic) bond motifs is 2. The van der Waals surface area contributed by atoms with E-state index >= 15 is 0 Å². The highest BCUT2D eigenvalue weighted by Crippen LogP contribution is 2.49. The summed E-state index contributed by atoms with van der Waals surface area (Å²) in [5.74, 6) is 4.70. The van der Waals surface area contributed by atoms with Gasteiger partial charge in [-0.25, -0.2) is 4.98 Å². The summed E-state index contributed by atoms with van der Waals surface area (Å²) >= 11 is 0. The number of benzene rings is 1. The van der Waals surface area contributed by atoms with E-state index in [2.05, 4.69) is 27.3 Å². The van der Waals surface area contributed by atoms with Gasteiger partial charge in [0.25, 0.3) is 0 Å². The normalized spacial score (nSPS) is 28.9. The Balaban J connectivity index is 1.50. The lowest BCUT2D eigenvalue weighted by Gasteiger charge is -2.19. The number of hydrogen-bond acceptors (Lipinski definition) is 2. The molecule has 0 radical (unpaired) electrons. The molecular weight excluding hydrogens is 234 g/mol. The SMILES string of the molecule is c1ccc(-c2n[nH]c(CC3CC4CCC3C4)n2)cc1. The number of aromatic amines is 1. The molecule has 3 unspecified atom stereocenters. The molecule has 1 heterocycles. The highest BCUT2D eigenvalue weighted by Gasteiger charge is 2.39. The van der Waals surface area contributed by atoms with Gasteiger partial charge in [0, 0.05) is 12.0 Å². The van der Waals surface area contributed by atoms with Crippen LogP contribution in [0, 0.1) is 17.8 Å². The summed E-state index contributed by atoms with van der Waals surface area (Å²) in [6, 6.07) is 10.2. The zero-order valence-electron chi connectivity index (χ0n) is 11.0. The predicted molar refractivity (Wildman–Crippen MR) is 74.5 cm³/mol. The Morgan fingerprint density at radius 3 is 2.74 bits per heavy atom. The Kier molecular flexibility index (Phi) is 2.64. The molecular formula is C16H19N3. The van der Waals surface area contributed by atoms with Crippen LogP contribution >= 0.6 is 0 Å². The Morgan fingerprint density at radius 1 is 1.11 bits per heavy atom. The maximum Gasteiger partial charge on any atom is 0.181 e. The first kappa shape index (κ1) is 11.2. The molecule has 3 nitrogen and oxygen atoms in total. The van der Waals surface area contributed by atoms with Crippen molar-refractivity contribution >= 4 is 0 Å². The lowest BCUT2D eigenvalue weighted by Crippen LogP contribution is -2.13. The van der Waals surface area contributed by atoms with Crippen molar-refractivity contribution in [2.45, 2.75) is 32.1 Å². The third kappa shape index (κ3) is 2.07. The van der Waals surface area contributed by atoms with Gasteiger partial charge in [-0.3, -0.25) is 5.10 Å². The van der Waals surface area contributed by atoms with Crippen molar-refractivity contribution in [3.8, 4) is 11.4 Å². The molecule has 4 rings (SSSR count). The molecule has 2 aliphatic carbocycles. The van der Waals surface area contributed by atoms with E-state index < -0.39 is 0 Å². The topological polar surface area (TPSA) is 41.6 Å². The number of H-pyrrole nitrogens is 1. The van der Waals surface area contributed by atoms with Crippen LogP contribution in [0.3, 0.4) is 0 Å². The summed E-state index contributed by atoms with van der Waals surface area (Å²) in [5.41, 5.74) is 1.10. The molecule has 1 N–H and O–H groups in total. The Bertz CT molecular complexity index is 560. The van der Waals surface area contributed by atoms with Gasteiger partial charge >= 0.3 is 0 Å². The minimum Gasteiger partial charge on any atom is -0.263 e. The van der Waals surface area contributed by atoms with Crippen molar-refractivity contribution in [2.75, 3.05) is 0 Å². The average Bonchev–Trinajstić information content (AvgIpc) is 3.16. The first-order chi connectivity index (χ1) is 9.38. The number of rotatable bonds is 3. The van der Waals surface area contributed by atoms with Crippen molar-refractivity contribution in [1.29, 1.82) is 0 Å². The molecule has 0 amide bonds. The Hall–Kier alpha value is -1.64. The molecule has 0 aliphatic heterocycles. The summed E-state index contributed by atoms with van der Waals surface area (Å²) in [5, 5.41) is 7.48. The van der Waals surface area contributed by atoms with Crippen LogP contribution in [0.5, 0.6) is 0 Å². The molecule has 0 spiro atoms. The summed E-state index contributed by atoms with van der Waals surface area (Å²) in [7, 11) is 0. The van der Waals surface area contributed by atoms with Crippen molar-refractivity contribution in [3.05, 3.63) is 36.2 Å². The fraction of sp³-hybridized carbons (Fsp3) is 0.500. The monoisotopic (exact) mass is 253 g/mol. The first-order valence-electron chi connectivity index (χ1n) is 7.35. The van der Waals surface area contributed by atoms with E-state index in [4.69, 9.17) is 0 Å². The van der Waals surface area contributed by atoms with Crippen LogP contribution in [-0.4, -0.2) is 15.2 Å². The van der Waals surface area contributed by atoms with Gasteiger partial charge in [0.15, 0.2) is 5.82 Å². The van der Waals surface area contributed by atoms with Crippen LogP contribution < -0.4 is 0 Å². The van der Waals surface area contributed by atoms with Crippen molar-refractivity contribution < 1.29 is 0 Å².